The fourth-order valence-corrected chi connectivity index (χ4v) is 2.77. The lowest BCUT2D eigenvalue weighted by atomic mass is 10.2. The van der Waals surface area contributed by atoms with Crippen LogP contribution in [0.3, 0.4) is 0 Å². The number of hydrogen-bond acceptors (Lipinski definition) is 4. The van der Waals surface area contributed by atoms with Gasteiger partial charge in [0.1, 0.15) is 11.5 Å². The van der Waals surface area contributed by atoms with Gasteiger partial charge in [0.25, 0.3) is 0 Å². The Morgan fingerprint density at radius 3 is 2.48 bits per heavy atom. The molecular weight excluding hydrogens is 388 g/mol. The van der Waals surface area contributed by atoms with Crippen LogP contribution in [0.15, 0.2) is 64.5 Å². The number of benzene rings is 1. The van der Waals surface area contributed by atoms with E-state index in [0.717, 1.165) is 5.70 Å². The summed E-state index contributed by atoms with van der Waals surface area (Å²) in [7, 11) is 0. The molecule has 7 heteroatoms. The molecule has 0 saturated heterocycles. The molecule has 1 aromatic carbocycles. The van der Waals surface area contributed by atoms with Gasteiger partial charge in [-0.25, -0.2) is 9.79 Å². The molecule has 0 spiro atoms. The average molecular weight is 415 g/mol. The smallest absolute Gasteiger partial charge is 0.352 e. The quantitative estimate of drug-likeness (QED) is 0.455. The Balaban J connectivity index is 0.00000204. The molecule has 0 unspecified atom stereocenters. The highest BCUT2D eigenvalue weighted by Gasteiger charge is 2.11. The van der Waals surface area contributed by atoms with Crippen LogP contribution >= 0.6 is 11.6 Å². The zero-order chi connectivity index (χ0) is 22.0. The van der Waals surface area contributed by atoms with Crippen molar-refractivity contribution in [1.29, 1.82) is 0 Å². The highest BCUT2D eigenvalue weighted by atomic mass is 35.5. The molecule has 0 aliphatic rings. The van der Waals surface area contributed by atoms with Crippen LogP contribution in [0.5, 0.6) is 0 Å². The summed E-state index contributed by atoms with van der Waals surface area (Å²) in [6.07, 6.45) is 7.28. The molecule has 0 aliphatic heterocycles. The molecule has 0 fully saturated rings. The summed E-state index contributed by atoms with van der Waals surface area (Å²) in [5.41, 5.74) is 2.68. The second-order valence-electron chi connectivity index (χ2n) is 5.54. The minimum atomic E-state index is -1.04. The fraction of sp³-hybridized carbons (Fsp3) is 0.227. The van der Waals surface area contributed by atoms with Crippen LogP contribution in [0, 0.1) is 0 Å². The Morgan fingerprint density at radius 2 is 1.93 bits per heavy atom. The predicted octanol–water partition coefficient (Wildman–Crippen LogP) is 6.44. The maximum atomic E-state index is 11.1. The largest absolute Gasteiger partial charge is 0.477 e. The summed E-state index contributed by atoms with van der Waals surface area (Å²) < 4.78 is 0. The van der Waals surface area contributed by atoms with E-state index in [2.05, 4.69) is 26.9 Å². The molecular formula is C22H27ClN4O2. The number of aromatic carboxylic acids is 1. The fourth-order valence-electron chi connectivity index (χ4n) is 2.49. The van der Waals surface area contributed by atoms with E-state index in [1.54, 1.807) is 18.3 Å². The highest BCUT2D eigenvalue weighted by Crippen LogP contribution is 2.29. The number of nitrogens with one attached hydrogen (secondary N) is 2. The number of anilines is 1. The monoisotopic (exact) mass is 414 g/mol. The van der Waals surface area contributed by atoms with Crippen LogP contribution < -0.4 is 5.32 Å². The van der Waals surface area contributed by atoms with Crippen molar-refractivity contribution in [3.8, 4) is 0 Å². The van der Waals surface area contributed by atoms with Gasteiger partial charge >= 0.3 is 5.97 Å². The number of nitrogens with zero attached hydrogens (tertiary/aromatic N) is 2. The molecule has 0 saturated carbocycles. The number of aromatic nitrogens is 1. The maximum Gasteiger partial charge on any atom is 0.352 e. The lowest BCUT2D eigenvalue weighted by Crippen LogP contribution is -2.03. The van der Waals surface area contributed by atoms with Crippen LogP contribution in [-0.2, 0) is 0 Å². The van der Waals surface area contributed by atoms with Gasteiger partial charge in [-0.1, -0.05) is 44.2 Å². The molecule has 2 rings (SSSR count). The molecule has 0 atom stereocenters. The van der Waals surface area contributed by atoms with E-state index >= 15 is 0 Å². The Kier molecular flexibility index (Phi) is 9.62. The van der Waals surface area contributed by atoms with Gasteiger partial charge in [0.15, 0.2) is 0 Å². The number of H-pyrrole nitrogens is 1. The molecule has 2 aromatic rings. The van der Waals surface area contributed by atoms with E-state index in [-0.39, 0.29) is 5.69 Å². The molecule has 1 heterocycles. The topological polar surface area (TPSA) is 89.8 Å². The van der Waals surface area contributed by atoms with Crippen molar-refractivity contribution in [2.45, 2.75) is 34.6 Å². The molecule has 0 radical (unpaired) electrons. The molecule has 0 bridgehead atoms. The molecule has 1 aromatic heterocycles. The molecule has 0 aliphatic carbocycles. The molecule has 3 N–H and O–H groups in total. The third-order valence-corrected chi connectivity index (χ3v) is 3.88. The maximum absolute atomic E-state index is 11.1. The normalized spacial score (nSPS) is 12.3. The van der Waals surface area contributed by atoms with Gasteiger partial charge in [0.05, 0.1) is 21.9 Å². The lowest BCUT2D eigenvalue weighted by molar-refractivity contribution is 0.0691. The second kappa shape index (κ2) is 11.7. The van der Waals surface area contributed by atoms with E-state index < -0.39 is 5.97 Å². The summed E-state index contributed by atoms with van der Waals surface area (Å²) in [6, 6.07) is 4.99. The van der Waals surface area contributed by atoms with Crippen LogP contribution in [0.25, 0.3) is 10.9 Å². The van der Waals surface area contributed by atoms with Gasteiger partial charge in [-0.05, 0) is 45.0 Å². The number of allylic oxidation sites excluding steroid dienone is 3. The Labute approximate surface area is 176 Å². The Hall–Kier alpha value is -3.12. The van der Waals surface area contributed by atoms with E-state index in [1.165, 1.54) is 6.07 Å². The minimum Gasteiger partial charge on any atom is -0.477 e. The number of aliphatic imine (C=N–C) groups is 2. The summed E-state index contributed by atoms with van der Waals surface area (Å²) in [6.45, 7) is 13.6. The van der Waals surface area contributed by atoms with E-state index in [4.69, 9.17) is 16.7 Å². The van der Waals surface area contributed by atoms with E-state index in [9.17, 15) is 4.79 Å². The first-order chi connectivity index (χ1) is 13.9. The van der Waals surface area contributed by atoms with Gasteiger partial charge in [0, 0.05) is 17.3 Å². The number of aromatic amines is 1. The number of fused-ring (bicyclic) bond motifs is 1. The number of halogens is 1. The third-order valence-electron chi connectivity index (χ3n) is 3.58. The van der Waals surface area contributed by atoms with Gasteiger partial charge in [0.2, 0.25) is 0 Å². The van der Waals surface area contributed by atoms with Gasteiger partial charge < -0.3 is 15.4 Å². The van der Waals surface area contributed by atoms with Crippen molar-refractivity contribution in [3.05, 3.63) is 65.2 Å². The number of rotatable bonds is 7. The number of carboxylic acids is 1. The van der Waals surface area contributed by atoms with E-state index in [0.29, 0.717) is 33.1 Å². The van der Waals surface area contributed by atoms with Crippen molar-refractivity contribution in [3.63, 3.8) is 0 Å². The summed E-state index contributed by atoms with van der Waals surface area (Å²) >= 11 is 6.26. The number of carbonyl (C=O) groups is 1. The Bertz CT molecular complexity index is 998. The molecule has 29 heavy (non-hydrogen) atoms. The third kappa shape index (κ3) is 6.47. The zero-order valence-electron chi connectivity index (χ0n) is 17.4. The average Bonchev–Trinajstić information content (AvgIpc) is 3.12. The zero-order valence-corrected chi connectivity index (χ0v) is 18.1. The van der Waals surface area contributed by atoms with Gasteiger partial charge in [-0.15, -0.1) is 0 Å². The van der Waals surface area contributed by atoms with Crippen LogP contribution in [-0.4, -0.2) is 28.0 Å². The Morgan fingerprint density at radius 1 is 1.24 bits per heavy atom. The van der Waals surface area contributed by atoms with E-state index in [1.807, 2.05) is 52.8 Å². The van der Waals surface area contributed by atoms with Crippen molar-refractivity contribution < 1.29 is 9.90 Å². The van der Waals surface area contributed by atoms with Crippen LogP contribution in [0.1, 0.15) is 45.1 Å². The van der Waals surface area contributed by atoms with Crippen molar-refractivity contribution in [2.24, 2.45) is 9.98 Å². The summed E-state index contributed by atoms with van der Waals surface area (Å²) in [5.74, 6) is -0.643. The number of carboxylic acid groups (broad SMARTS) is 1. The molecule has 6 nitrogen and oxygen atoms in total. The van der Waals surface area contributed by atoms with Crippen LogP contribution in [0.4, 0.5) is 5.69 Å². The first-order valence-corrected chi connectivity index (χ1v) is 9.65. The second-order valence-corrected chi connectivity index (χ2v) is 5.95. The van der Waals surface area contributed by atoms with Crippen LogP contribution in [0.2, 0.25) is 5.02 Å². The SMILES string of the molecule is C=C(/N=C(\C=C/C)C(=C/C)/N=CC)Nc1cc(Cl)c2[nH]c(C(=O)O)cc2c1.CC. The van der Waals surface area contributed by atoms with Crippen molar-refractivity contribution in [1.82, 2.24) is 4.98 Å². The molecule has 154 valence electrons. The first-order valence-electron chi connectivity index (χ1n) is 9.27. The standard InChI is InChI=1S/C20H21ClN4O2.C2H6/c1-5-8-17(16(6-2)22-7-3)24-12(4)23-14-9-13-10-18(20(26)27)25-19(13)15(21)11-14;1-2/h5-11,23,25H,4H2,1-3H3,(H,26,27);1-2H3/b8-5-,16-6-,22-7?,24-17+;. The highest BCUT2D eigenvalue weighted by molar-refractivity contribution is 6.35. The van der Waals surface area contributed by atoms with Crippen molar-refractivity contribution in [2.75, 3.05) is 5.32 Å². The lowest BCUT2D eigenvalue weighted by Gasteiger charge is -2.09. The molecule has 0 amide bonds. The summed E-state index contributed by atoms with van der Waals surface area (Å²) in [4.78, 5) is 22.7. The minimum absolute atomic E-state index is 0.0754. The number of hydrogen-bond donors (Lipinski definition) is 3. The van der Waals surface area contributed by atoms with Crippen molar-refractivity contribution >= 4 is 46.1 Å². The van der Waals surface area contributed by atoms with Gasteiger partial charge in [-0.3, -0.25) is 4.99 Å². The first kappa shape index (κ1) is 23.9. The summed E-state index contributed by atoms with van der Waals surface area (Å²) in [5, 5.41) is 13.3. The predicted molar refractivity (Wildman–Crippen MR) is 125 cm³/mol. The van der Waals surface area contributed by atoms with Gasteiger partial charge in [-0.2, -0.15) is 0 Å².